The van der Waals surface area contributed by atoms with E-state index in [0.29, 0.717) is 11.6 Å². The van der Waals surface area contributed by atoms with Gasteiger partial charge in [-0.2, -0.15) is 5.10 Å². The fourth-order valence-electron chi connectivity index (χ4n) is 1.51. The summed E-state index contributed by atoms with van der Waals surface area (Å²) in [6.45, 7) is 3.70. The van der Waals surface area contributed by atoms with Crippen LogP contribution in [0.2, 0.25) is 5.02 Å². The predicted molar refractivity (Wildman–Crippen MR) is 69.4 cm³/mol. The van der Waals surface area contributed by atoms with Gasteiger partial charge in [-0.05, 0) is 18.6 Å². The minimum atomic E-state index is 0.633. The topological polar surface area (TPSA) is 42.7 Å². The van der Waals surface area contributed by atoms with Crippen molar-refractivity contribution in [2.24, 2.45) is 0 Å². The van der Waals surface area contributed by atoms with Gasteiger partial charge in [0.25, 0.3) is 0 Å². The molecule has 0 fully saturated rings. The van der Waals surface area contributed by atoms with Gasteiger partial charge in [-0.3, -0.25) is 4.68 Å². The number of halogens is 1. The molecule has 0 spiro atoms. The van der Waals surface area contributed by atoms with Crippen molar-refractivity contribution < 1.29 is 0 Å². The molecule has 2 rings (SSSR count). The van der Waals surface area contributed by atoms with Crippen molar-refractivity contribution >= 4 is 17.4 Å². The smallest absolute Gasteiger partial charge is 0.126 e. The molecule has 0 aromatic carbocycles. The molecule has 0 aliphatic carbocycles. The molecule has 2 heterocycles. The molecule has 0 saturated carbocycles. The fourth-order valence-corrected chi connectivity index (χ4v) is 1.67. The highest BCUT2D eigenvalue weighted by molar-refractivity contribution is 6.30. The van der Waals surface area contributed by atoms with Crippen LogP contribution in [-0.2, 0) is 6.54 Å². The minimum absolute atomic E-state index is 0.633. The summed E-state index contributed by atoms with van der Waals surface area (Å²) in [6, 6.07) is 5.94. The van der Waals surface area contributed by atoms with E-state index in [1.165, 1.54) is 0 Å². The first-order valence-corrected chi connectivity index (χ1v) is 6.03. The molecule has 4 nitrogen and oxygen atoms in total. The number of hydrogen-bond acceptors (Lipinski definition) is 3. The highest BCUT2D eigenvalue weighted by Crippen LogP contribution is 2.09. The highest BCUT2D eigenvalue weighted by Gasteiger charge is 2.00. The van der Waals surface area contributed by atoms with E-state index in [9.17, 15) is 0 Å². The lowest BCUT2D eigenvalue weighted by Crippen LogP contribution is -2.06. The molecule has 0 atom stereocenters. The molecule has 2 aromatic rings. The van der Waals surface area contributed by atoms with Gasteiger partial charge in [0, 0.05) is 12.7 Å². The summed E-state index contributed by atoms with van der Waals surface area (Å²) in [4.78, 5) is 4.50. The maximum absolute atomic E-state index is 5.81. The normalized spacial score (nSPS) is 10.5. The van der Waals surface area contributed by atoms with Crippen molar-refractivity contribution in [1.29, 1.82) is 0 Å². The van der Waals surface area contributed by atoms with Crippen LogP contribution < -0.4 is 5.32 Å². The van der Waals surface area contributed by atoms with Crippen LogP contribution in [0.5, 0.6) is 0 Å². The van der Waals surface area contributed by atoms with E-state index in [-0.39, 0.29) is 0 Å². The van der Waals surface area contributed by atoms with Crippen LogP contribution in [0.15, 0.2) is 30.6 Å². The van der Waals surface area contributed by atoms with Gasteiger partial charge in [-0.15, -0.1) is 0 Å². The largest absolute Gasteiger partial charge is 0.370 e. The summed E-state index contributed by atoms with van der Waals surface area (Å²) in [5.41, 5.74) is 0.964. The monoisotopic (exact) mass is 250 g/mol. The van der Waals surface area contributed by atoms with E-state index in [1.807, 2.05) is 18.2 Å². The van der Waals surface area contributed by atoms with Crippen LogP contribution >= 0.6 is 11.6 Å². The van der Waals surface area contributed by atoms with E-state index >= 15 is 0 Å². The lowest BCUT2D eigenvalue weighted by Gasteiger charge is -2.06. The second kappa shape index (κ2) is 5.68. The van der Waals surface area contributed by atoms with Crippen LogP contribution in [0, 0.1) is 0 Å². The number of anilines is 1. The Morgan fingerprint density at radius 2 is 2.29 bits per heavy atom. The molecular formula is C12H15ClN4. The van der Waals surface area contributed by atoms with Crippen LogP contribution in [0.4, 0.5) is 5.82 Å². The van der Waals surface area contributed by atoms with Gasteiger partial charge in [0.1, 0.15) is 5.82 Å². The zero-order valence-corrected chi connectivity index (χ0v) is 10.5. The standard InChI is InChI=1S/C12H15ClN4/c1-2-6-14-12-5-3-4-11(16-12)9-17-8-10(13)7-15-17/h3-5,7-8H,2,6,9H2,1H3,(H,14,16). The van der Waals surface area contributed by atoms with Gasteiger partial charge in [0.2, 0.25) is 0 Å². The molecule has 2 aromatic heterocycles. The van der Waals surface area contributed by atoms with E-state index in [1.54, 1.807) is 17.1 Å². The molecule has 0 aliphatic rings. The molecule has 0 bridgehead atoms. The summed E-state index contributed by atoms with van der Waals surface area (Å²) < 4.78 is 1.77. The molecule has 0 amide bonds. The molecule has 0 saturated heterocycles. The third-order valence-electron chi connectivity index (χ3n) is 2.29. The average molecular weight is 251 g/mol. The quantitative estimate of drug-likeness (QED) is 0.887. The summed E-state index contributed by atoms with van der Waals surface area (Å²) in [5.74, 6) is 0.905. The molecule has 1 N–H and O–H groups in total. The fraction of sp³-hybridized carbons (Fsp3) is 0.333. The Kier molecular flexibility index (Phi) is 3.98. The van der Waals surface area contributed by atoms with Crippen molar-refractivity contribution in [3.05, 3.63) is 41.3 Å². The number of aromatic nitrogens is 3. The highest BCUT2D eigenvalue weighted by atomic mass is 35.5. The van der Waals surface area contributed by atoms with Crippen LogP contribution in [-0.4, -0.2) is 21.3 Å². The van der Waals surface area contributed by atoms with Crippen molar-refractivity contribution in [3.8, 4) is 0 Å². The summed E-state index contributed by atoms with van der Waals surface area (Å²) >= 11 is 5.81. The lowest BCUT2D eigenvalue weighted by atomic mass is 10.3. The summed E-state index contributed by atoms with van der Waals surface area (Å²) in [5, 5.41) is 8.03. The minimum Gasteiger partial charge on any atom is -0.370 e. The maximum atomic E-state index is 5.81. The first-order valence-electron chi connectivity index (χ1n) is 5.65. The number of pyridine rings is 1. The maximum Gasteiger partial charge on any atom is 0.126 e. The third kappa shape index (κ3) is 3.46. The van der Waals surface area contributed by atoms with Crippen molar-refractivity contribution in [2.45, 2.75) is 19.9 Å². The molecule has 17 heavy (non-hydrogen) atoms. The van der Waals surface area contributed by atoms with Gasteiger partial charge in [-0.25, -0.2) is 4.98 Å². The molecule has 0 unspecified atom stereocenters. The lowest BCUT2D eigenvalue weighted by molar-refractivity contribution is 0.673. The van der Waals surface area contributed by atoms with E-state index < -0.39 is 0 Å². The van der Waals surface area contributed by atoms with Gasteiger partial charge in [0.15, 0.2) is 0 Å². The Morgan fingerprint density at radius 1 is 1.41 bits per heavy atom. The van der Waals surface area contributed by atoms with Gasteiger partial charge in [0.05, 0.1) is 23.5 Å². The van der Waals surface area contributed by atoms with Crippen molar-refractivity contribution in [1.82, 2.24) is 14.8 Å². The van der Waals surface area contributed by atoms with Crippen LogP contribution in [0.3, 0.4) is 0 Å². The van der Waals surface area contributed by atoms with Crippen LogP contribution in [0.25, 0.3) is 0 Å². The van der Waals surface area contributed by atoms with E-state index in [4.69, 9.17) is 11.6 Å². The van der Waals surface area contributed by atoms with Crippen molar-refractivity contribution in [2.75, 3.05) is 11.9 Å². The van der Waals surface area contributed by atoms with Gasteiger partial charge >= 0.3 is 0 Å². The second-order valence-corrected chi connectivity index (χ2v) is 4.23. The summed E-state index contributed by atoms with van der Waals surface area (Å²) in [6.07, 6.45) is 4.50. The summed E-state index contributed by atoms with van der Waals surface area (Å²) in [7, 11) is 0. The second-order valence-electron chi connectivity index (χ2n) is 3.80. The molecule has 0 radical (unpaired) electrons. The first-order chi connectivity index (χ1) is 8.28. The zero-order chi connectivity index (χ0) is 12.1. The Balaban J connectivity index is 2.05. The number of rotatable bonds is 5. The Labute approximate surface area is 106 Å². The molecular weight excluding hydrogens is 236 g/mol. The molecule has 0 aliphatic heterocycles. The van der Waals surface area contributed by atoms with E-state index in [2.05, 4.69) is 22.3 Å². The average Bonchev–Trinajstić information content (AvgIpc) is 2.73. The number of nitrogens with zero attached hydrogens (tertiary/aromatic N) is 3. The zero-order valence-electron chi connectivity index (χ0n) is 9.73. The first kappa shape index (κ1) is 11.9. The van der Waals surface area contributed by atoms with Crippen molar-refractivity contribution in [3.63, 3.8) is 0 Å². The molecule has 5 heteroatoms. The van der Waals surface area contributed by atoms with Crippen LogP contribution in [0.1, 0.15) is 19.0 Å². The van der Waals surface area contributed by atoms with Gasteiger partial charge in [-0.1, -0.05) is 24.6 Å². The molecule has 90 valence electrons. The number of nitrogens with one attached hydrogen (secondary N) is 1. The van der Waals surface area contributed by atoms with E-state index in [0.717, 1.165) is 24.5 Å². The Bertz CT molecular complexity index is 481. The Morgan fingerprint density at radius 3 is 3.00 bits per heavy atom. The number of hydrogen-bond donors (Lipinski definition) is 1. The third-order valence-corrected chi connectivity index (χ3v) is 2.48. The SMILES string of the molecule is CCCNc1cccc(Cn2cc(Cl)cn2)n1. The Hall–Kier alpha value is -1.55. The van der Waals surface area contributed by atoms with Gasteiger partial charge < -0.3 is 5.32 Å². The predicted octanol–water partition coefficient (Wildman–Crippen LogP) is 2.80.